The first-order valence-corrected chi connectivity index (χ1v) is 16.2. The van der Waals surface area contributed by atoms with E-state index in [1.54, 1.807) is 7.11 Å². The molecule has 2 N–H and O–H groups in total. The lowest BCUT2D eigenvalue weighted by Crippen LogP contribution is -2.38. The van der Waals surface area contributed by atoms with E-state index in [0.29, 0.717) is 40.9 Å². The quantitative estimate of drug-likeness (QED) is 0.236. The number of amides is 2. The molecule has 2 saturated carbocycles. The molecule has 1 aliphatic heterocycles. The van der Waals surface area contributed by atoms with Gasteiger partial charge in [-0.15, -0.1) is 0 Å². The number of methoxy groups -OCH3 is 1. The first kappa shape index (κ1) is 28.6. The molecule has 2 bridgehead atoms. The smallest absolute Gasteiger partial charge is 0.255 e. The fraction of sp³-hybridized carbons (Fsp3) is 0.389. The third kappa shape index (κ3) is 4.78. The Balaban J connectivity index is 1.18. The monoisotopic (exact) mass is 618 g/mol. The summed E-state index contributed by atoms with van der Waals surface area (Å²) in [7, 11) is 3.66. The summed E-state index contributed by atoms with van der Waals surface area (Å²) in [6, 6.07) is 17.9. The molecular formula is C36H38N6O4. The maximum absolute atomic E-state index is 13.8. The highest BCUT2D eigenvalue weighted by Crippen LogP contribution is 2.44. The number of hydrogen-bond donors (Lipinski definition) is 1. The van der Waals surface area contributed by atoms with E-state index in [1.807, 2.05) is 49.5 Å². The van der Waals surface area contributed by atoms with Crippen molar-refractivity contribution in [3.8, 4) is 34.3 Å². The van der Waals surface area contributed by atoms with Gasteiger partial charge in [-0.25, -0.2) is 9.97 Å². The van der Waals surface area contributed by atoms with Gasteiger partial charge < -0.3 is 29.2 Å². The van der Waals surface area contributed by atoms with Crippen LogP contribution in [0.1, 0.15) is 43.0 Å². The number of aromatic nitrogens is 4. The van der Waals surface area contributed by atoms with Gasteiger partial charge in [0.2, 0.25) is 0 Å². The average molecular weight is 619 g/mol. The molecule has 10 nitrogen and oxygen atoms in total. The first-order valence-electron chi connectivity index (χ1n) is 16.2. The van der Waals surface area contributed by atoms with Gasteiger partial charge >= 0.3 is 0 Å². The minimum absolute atomic E-state index is 0.0680. The molecule has 236 valence electrons. The third-order valence-electron chi connectivity index (χ3n) is 10.3. The molecule has 3 atom stereocenters. The normalized spacial score (nSPS) is 20.6. The van der Waals surface area contributed by atoms with Gasteiger partial charge in [0, 0.05) is 42.7 Å². The Bertz CT molecular complexity index is 2010. The van der Waals surface area contributed by atoms with E-state index in [0.717, 1.165) is 64.4 Å². The predicted molar refractivity (Wildman–Crippen MR) is 176 cm³/mol. The van der Waals surface area contributed by atoms with Crippen molar-refractivity contribution in [3.05, 3.63) is 60.2 Å². The minimum atomic E-state index is -0.514. The van der Waals surface area contributed by atoms with Crippen LogP contribution in [0.15, 0.2) is 54.6 Å². The van der Waals surface area contributed by atoms with E-state index in [-0.39, 0.29) is 12.5 Å². The van der Waals surface area contributed by atoms with Crippen LogP contribution >= 0.6 is 0 Å². The molecule has 2 unspecified atom stereocenters. The fourth-order valence-electron chi connectivity index (χ4n) is 7.62. The number of nitrogens with two attached hydrogens (primary N) is 1. The number of benzene rings is 2. The number of nitrogens with zero attached hydrogens (tertiary/aromatic N) is 5. The fourth-order valence-corrected chi connectivity index (χ4v) is 7.62. The number of ether oxygens (including phenoxy) is 2. The van der Waals surface area contributed by atoms with Crippen LogP contribution < -0.4 is 15.2 Å². The Labute approximate surface area is 267 Å². The topological polar surface area (TPSA) is 118 Å². The zero-order chi connectivity index (χ0) is 31.7. The molecule has 0 spiro atoms. The van der Waals surface area contributed by atoms with Crippen LogP contribution in [0.2, 0.25) is 0 Å². The van der Waals surface area contributed by atoms with Gasteiger partial charge in [-0.05, 0) is 98.0 Å². The molecule has 3 aromatic heterocycles. The first-order chi connectivity index (χ1) is 22.3. The van der Waals surface area contributed by atoms with Crippen molar-refractivity contribution < 1.29 is 19.1 Å². The third-order valence-corrected chi connectivity index (χ3v) is 10.3. The molecule has 2 aliphatic carbocycles. The second-order valence-electron chi connectivity index (χ2n) is 13.2. The maximum atomic E-state index is 13.8. The summed E-state index contributed by atoms with van der Waals surface area (Å²) < 4.78 is 15.7. The van der Waals surface area contributed by atoms with Crippen molar-refractivity contribution in [2.45, 2.75) is 45.2 Å². The maximum Gasteiger partial charge on any atom is 0.255 e. The standard InChI is InChI=1S/C36H38N6O4/c1-20-24-9-13-29(20)42(18-24)36(44)25-14-28-33(31(16-25)45-3)40(2)35(39-28)30-15-23-8-12-27(38-34(23)41(30)17-21-4-5-21)22-6-10-26(11-7-22)46-19-32(37)43/h6-8,10-12,14-16,20-21,24,29H,4-5,9,13,17-19H2,1-3H3,(H2,37,43)/t20-,24?,29?/m1/s1. The van der Waals surface area contributed by atoms with Crippen molar-refractivity contribution in [3.63, 3.8) is 0 Å². The van der Waals surface area contributed by atoms with Crippen LogP contribution in [0.4, 0.5) is 0 Å². The number of aryl methyl sites for hydroxylation is 1. The number of carbonyl (C=O) groups excluding carboxylic acids is 2. The number of piperidine rings is 1. The molecule has 5 aromatic rings. The lowest BCUT2D eigenvalue weighted by atomic mass is 10.0. The minimum Gasteiger partial charge on any atom is -0.494 e. The van der Waals surface area contributed by atoms with Crippen molar-refractivity contribution in [1.29, 1.82) is 0 Å². The van der Waals surface area contributed by atoms with E-state index in [9.17, 15) is 9.59 Å². The molecule has 8 rings (SSSR count). The SMILES string of the molecule is COc1cc(C(=O)N2CC3CCC2[C@@H]3C)cc2nc(-c3cc4ccc(-c5ccc(OCC(N)=O)cc5)nc4n3CC3CC3)n(C)c12. The largest absolute Gasteiger partial charge is 0.494 e. The van der Waals surface area contributed by atoms with Gasteiger partial charge in [-0.3, -0.25) is 9.59 Å². The van der Waals surface area contributed by atoms with Gasteiger partial charge in [0.25, 0.3) is 11.8 Å². The number of likely N-dealkylation sites (tertiary alicyclic amines) is 1. The Kier molecular flexibility index (Phi) is 6.77. The Morgan fingerprint density at radius 2 is 1.80 bits per heavy atom. The zero-order valence-electron chi connectivity index (χ0n) is 26.4. The summed E-state index contributed by atoms with van der Waals surface area (Å²) in [6.45, 7) is 3.81. The predicted octanol–water partition coefficient (Wildman–Crippen LogP) is 5.41. The van der Waals surface area contributed by atoms with Crippen molar-refractivity contribution in [2.75, 3.05) is 20.3 Å². The number of fused-ring (bicyclic) bond motifs is 4. The number of primary amides is 1. The molecule has 3 fully saturated rings. The number of hydrogen-bond acceptors (Lipinski definition) is 6. The Morgan fingerprint density at radius 1 is 1.00 bits per heavy atom. The highest BCUT2D eigenvalue weighted by atomic mass is 16.5. The van der Waals surface area contributed by atoms with Crippen LogP contribution in [0.5, 0.6) is 11.5 Å². The molecule has 1 saturated heterocycles. The van der Waals surface area contributed by atoms with Gasteiger partial charge in [-0.1, -0.05) is 6.92 Å². The van der Waals surface area contributed by atoms with Crippen molar-refractivity contribution >= 4 is 33.9 Å². The number of pyridine rings is 1. The second kappa shape index (κ2) is 10.9. The van der Waals surface area contributed by atoms with Gasteiger partial charge in [0.05, 0.1) is 24.0 Å². The molecule has 2 aromatic carbocycles. The van der Waals surface area contributed by atoms with Gasteiger partial charge in [0.15, 0.2) is 12.4 Å². The Morgan fingerprint density at radius 3 is 2.48 bits per heavy atom. The molecular weight excluding hydrogens is 580 g/mol. The van der Waals surface area contributed by atoms with Crippen LogP contribution in [-0.2, 0) is 18.4 Å². The molecule has 2 amide bonds. The number of imidazole rings is 1. The van der Waals surface area contributed by atoms with E-state index in [2.05, 4.69) is 33.1 Å². The van der Waals surface area contributed by atoms with E-state index in [1.165, 1.54) is 19.3 Å². The van der Waals surface area contributed by atoms with E-state index < -0.39 is 5.91 Å². The molecule has 3 aliphatic rings. The summed E-state index contributed by atoms with van der Waals surface area (Å²) >= 11 is 0. The highest BCUT2D eigenvalue weighted by molar-refractivity contribution is 6.00. The summed E-state index contributed by atoms with van der Waals surface area (Å²) in [6.07, 6.45) is 4.70. The van der Waals surface area contributed by atoms with Crippen LogP contribution in [0.3, 0.4) is 0 Å². The van der Waals surface area contributed by atoms with Crippen molar-refractivity contribution in [1.82, 2.24) is 24.0 Å². The molecule has 4 heterocycles. The summed E-state index contributed by atoms with van der Waals surface area (Å²) in [5.74, 6) is 3.35. The van der Waals surface area contributed by atoms with Gasteiger partial charge in [0.1, 0.15) is 22.7 Å². The van der Waals surface area contributed by atoms with Crippen LogP contribution in [-0.4, -0.2) is 62.1 Å². The van der Waals surface area contributed by atoms with E-state index >= 15 is 0 Å². The van der Waals surface area contributed by atoms with Crippen molar-refractivity contribution in [2.24, 2.45) is 30.5 Å². The van der Waals surface area contributed by atoms with Gasteiger partial charge in [-0.2, -0.15) is 0 Å². The highest BCUT2D eigenvalue weighted by Gasteiger charge is 2.46. The number of rotatable bonds is 9. The van der Waals surface area contributed by atoms with Crippen LogP contribution in [0, 0.1) is 17.8 Å². The second-order valence-corrected chi connectivity index (χ2v) is 13.2. The summed E-state index contributed by atoms with van der Waals surface area (Å²) in [5.41, 5.74) is 11.1. The molecule has 46 heavy (non-hydrogen) atoms. The average Bonchev–Trinajstić information content (AvgIpc) is 3.47. The zero-order valence-corrected chi connectivity index (χ0v) is 26.4. The Hall–Kier alpha value is -4.86. The van der Waals surface area contributed by atoms with Crippen LogP contribution in [0.25, 0.3) is 44.8 Å². The summed E-state index contributed by atoms with van der Waals surface area (Å²) in [5, 5.41) is 1.04. The lowest BCUT2D eigenvalue weighted by Gasteiger charge is -2.27. The summed E-state index contributed by atoms with van der Waals surface area (Å²) in [4.78, 5) is 37.2. The molecule has 0 radical (unpaired) electrons. The molecule has 10 heteroatoms. The number of carbonyl (C=O) groups is 2. The van der Waals surface area contributed by atoms with E-state index in [4.69, 9.17) is 25.2 Å². The lowest BCUT2D eigenvalue weighted by molar-refractivity contribution is -0.119.